The van der Waals surface area contributed by atoms with Gasteiger partial charge in [0.2, 0.25) is 0 Å². The number of aryl methyl sites for hydroxylation is 1. The molecule has 1 N–H and O–H groups in total. The zero-order valence-electron chi connectivity index (χ0n) is 10.0. The van der Waals surface area contributed by atoms with Crippen molar-refractivity contribution < 1.29 is 9.84 Å². The highest BCUT2D eigenvalue weighted by Gasteiger charge is 2.22. The normalized spacial score (nSPS) is 24.4. The molecule has 2 nitrogen and oxygen atoms in total. The zero-order chi connectivity index (χ0) is 12.1. The fourth-order valence-electron chi connectivity index (χ4n) is 2.00. The largest absolute Gasteiger partial charge is 0.512 e. The minimum Gasteiger partial charge on any atom is -0.512 e. The van der Waals surface area contributed by atoms with E-state index >= 15 is 0 Å². The summed E-state index contributed by atoms with van der Waals surface area (Å²) in [5, 5.41) is 10.1. The third-order valence-corrected chi connectivity index (χ3v) is 4.31. The van der Waals surface area contributed by atoms with Crippen molar-refractivity contribution in [2.45, 2.75) is 29.9 Å². The Morgan fingerprint density at radius 2 is 2.12 bits per heavy atom. The number of methoxy groups -OCH3 is 1. The lowest BCUT2D eigenvalue weighted by Crippen LogP contribution is -2.18. The van der Waals surface area contributed by atoms with Gasteiger partial charge in [0.25, 0.3) is 0 Å². The van der Waals surface area contributed by atoms with Crippen LogP contribution in [0.3, 0.4) is 0 Å². The van der Waals surface area contributed by atoms with Crippen LogP contribution in [0.15, 0.2) is 42.2 Å². The molecular formula is C14H18O2S. The molecule has 0 radical (unpaired) electrons. The summed E-state index contributed by atoms with van der Waals surface area (Å²) in [7, 11) is 1.68. The fourth-order valence-corrected chi connectivity index (χ4v) is 3.25. The predicted octanol–water partition coefficient (Wildman–Crippen LogP) is 3.54. The molecule has 1 heterocycles. The van der Waals surface area contributed by atoms with Crippen molar-refractivity contribution in [1.82, 2.24) is 0 Å². The minimum absolute atomic E-state index is 0.00419. The minimum atomic E-state index is 0.00419. The molecule has 1 aromatic carbocycles. The molecule has 92 valence electrons. The molecule has 2 atom stereocenters. The van der Waals surface area contributed by atoms with Crippen LogP contribution in [0.25, 0.3) is 0 Å². The summed E-state index contributed by atoms with van der Waals surface area (Å²) < 4.78 is 5.27. The van der Waals surface area contributed by atoms with E-state index in [4.69, 9.17) is 4.74 Å². The van der Waals surface area contributed by atoms with Crippen LogP contribution in [0.4, 0.5) is 0 Å². The Morgan fingerprint density at radius 3 is 2.82 bits per heavy atom. The van der Waals surface area contributed by atoms with Crippen molar-refractivity contribution in [3.63, 3.8) is 0 Å². The van der Waals surface area contributed by atoms with Crippen molar-refractivity contribution in [2.24, 2.45) is 0 Å². The van der Waals surface area contributed by atoms with Gasteiger partial charge in [0.1, 0.15) is 5.44 Å². The van der Waals surface area contributed by atoms with Crippen LogP contribution in [0, 0.1) is 0 Å². The summed E-state index contributed by atoms with van der Waals surface area (Å²) in [6.07, 6.45) is 4.69. The van der Waals surface area contributed by atoms with Gasteiger partial charge in [0.15, 0.2) is 0 Å². The number of aliphatic hydroxyl groups excluding tert-OH is 1. The van der Waals surface area contributed by atoms with Crippen molar-refractivity contribution in [2.75, 3.05) is 7.11 Å². The number of thioether (sulfide) groups is 1. The number of ether oxygens (including phenoxy) is 1. The maximum absolute atomic E-state index is 9.65. The third-order valence-electron chi connectivity index (χ3n) is 2.92. The molecule has 0 spiro atoms. The van der Waals surface area contributed by atoms with Gasteiger partial charge in [-0.15, -0.1) is 11.8 Å². The van der Waals surface area contributed by atoms with Gasteiger partial charge in [0.05, 0.1) is 5.76 Å². The molecule has 0 saturated heterocycles. The number of allylic oxidation sites excluding steroid dienone is 1. The van der Waals surface area contributed by atoms with Crippen LogP contribution >= 0.6 is 11.8 Å². The van der Waals surface area contributed by atoms with E-state index in [1.165, 1.54) is 5.56 Å². The standard InChI is InChI=1S/C14H18O2S/c1-16-14-10-12(15)9-13(17-14)8-7-11-5-3-2-4-6-11/h2-6,10,13-15H,7-9H2,1H3. The quantitative estimate of drug-likeness (QED) is 0.886. The SMILES string of the molecule is COC1C=C(O)CC(CCc2ccccc2)S1. The molecule has 0 aromatic heterocycles. The summed E-state index contributed by atoms with van der Waals surface area (Å²) in [5.41, 5.74) is 1.36. The average Bonchev–Trinajstić information content (AvgIpc) is 2.37. The van der Waals surface area contributed by atoms with Gasteiger partial charge in [-0.2, -0.15) is 0 Å². The molecule has 1 aliphatic heterocycles. The van der Waals surface area contributed by atoms with Crippen molar-refractivity contribution in [1.29, 1.82) is 0 Å². The highest BCUT2D eigenvalue weighted by molar-refractivity contribution is 8.00. The Hall–Kier alpha value is -0.930. The predicted molar refractivity (Wildman–Crippen MR) is 72.3 cm³/mol. The summed E-state index contributed by atoms with van der Waals surface area (Å²) in [5.74, 6) is 0.466. The van der Waals surface area contributed by atoms with E-state index < -0.39 is 0 Å². The molecule has 0 amide bonds. The Morgan fingerprint density at radius 1 is 1.35 bits per heavy atom. The van der Waals surface area contributed by atoms with Gasteiger partial charge < -0.3 is 9.84 Å². The first-order chi connectivity index (χ1) is 8.28. The van der Waals surface area contributed by atoms with Crippen LogP contribution in [0.5, 0.6) is 0 Å². The Balaban J connectivity index is 1.86. The number of hydrogen-bond acceptors (Lipinski definition) is 3. The second-order valence-corrected chi connectivity index (χ2v) is 5.65. The second kappa shape index (κ2) is 6.12. The van der Waals surface area contributed by atoms with Gasteiger partial charge in [-0.05, 0) is 24.5 Å². The van der Waals surface area contributed by atoms with Crippen molar-refractivity contribution in [3.05, 3.63) is 47.7 Å². The van der Waals surface area contributed by atoms with E-state index in [0.717, 1.165) is 19.3 Å². The lowest BCUT2D eigenvalue weighted by atomic mass is 10.1. The first-order valence-corrected chi connectivity index (χ1v) is 6.84. The Labute approximate surface area is 107 Å². The maximum Gasteiger partial charge on any atom is 0.124 e. The number of rotatable bonds is 4. The van der Waals surface area contributed by atoms with Gasteiger partial charge in [0, 0.05) is 18.8 Å². The first kappa shape index (κ1) is 12.5. The first-order valence-electron chi connectivity index (χ1n) is 5.90. The van der Waals surface area contributed by atoms with E-state index in [9.17, 15) is 5.11 Å². The van der Waals surface area contributed by atoms with Gasteiger partial charge in [-0.25, -0.2) is 0 Å². The average molecular weight is 250 g/mol. The van der Waals surface area contributed by atoms with Crippen molar-refractivity contribution in [3.8, 4) is 0 Å². The van der Waals surface area contributed by atoms with E-state index in [1.807, 2.05) is 6.07 Å². The summed E-state index contributed by atoms with van der Waals surface area (Å²) in [6.45, 7) is 0. The summed E-state index contributed by atoms with van der Waals surface area (Å²) in [6, 6.07) is 10.5. The van der Waals surface area contributed by atoms with E-state index in [2.05, 4.69) is 24.3 Å². The van der Waals surface area contributed by atoms with E-state index in [1.54, 1.807) is 24.9 Å². The second-order valence-electron chi connectivity index (χ2n) is 4.25. The van der Waals surface area contributed by atoms with Crippen LogP contribution < -0.4 is 0 Å². The Kier molecular flexibility index (Phi) is 4.51. The number of benzene rings is 1. The van der Waals surface area contributed by atoms with Gasteiger partial charge in [-0.3, -0.25) is 0 Å². The Bertz CT molecular complexity index is 375. The van der Waals surface area contributed by atoms with Crippen LogP contribution in [0.2, 0.25) is 0 Å². The highest BCUT2D eigenvalue weighted by Crippen LogP contribution is 2.33. The van der Waals surface area contributed by atoms with Crippen LogP contribution in [0.1, 0.15) is 18.4 Å². The monoisotopic (exact) mass is 250 g/mol. The maximum atomic E-state index is 9.65. The molecule has 1 aliphatic rings. The van der Waals surface area contributed by atoms with E-state index in [0.29, 0.717) is 11.0 Å². The molecule has 3 heteroatoms. The lowest BCUT2D eigenvalue weighted by Gasteiger charge is -2.25. The smallest absolute Gasteiger partial charge is 0.124 e. The molecule has 0 saturated carbocycles. The van der Waals surface area contributed by atoms with Crippen molar-refractivity contribution >= 4 is 11.8 Å². The molecule has 2 rings (SSSR count). The van der Waals surface area contributed by atoms with Crippen LogP contribution in [-0.4, -0.2) is 22.9 Å². The van der Waals surface area contributed by atoms with Crippen LogP contribution in [-0.2, 0) is 11.2 Å². The molecule has 17 heavy (non-hydrogen) atoms. The topological polar surface area (TPSA) is 29.5 Å². The molecular weight excluding hydrogens is 232 g/mol. The van der Waals surface area contributed by atoms with Gasteiger partial charge in [-0.1, -0.05) is 30.3 Å². The third kappa shape index (κ3) is 3.79. The number of hydrogen-bond donors (Lipinski definition) is 1. The molecule has 0 fully saturated rings. The molecule has 0 aliphatic carbocycles. The molecule has 0 bridgehead atoms. The van der Waals surface area contributed by atoms with Gasteiger partial charge >= 0.3 is 0 Å². The highest BCUT2D eigenvalue weighted by atomic mass is 32.2. The zero-order valence-corrected chi connectivity index (χ0v) is 10.8. The summed E-state index contributed by atoms with van der Waals surface area (Å²) >= 11 is 1.80. The molecule has 2 unspecified atom stereocenters. The lowest BCUT2D eigenvalue weighted by molar-refractivity contribution is 0.199. The fraction of sp³-hybridized carbons (Fsp3) is 0.429. The number of aliphatic hydroxyl groups is 1. The summed E-state index contributed by atoms with van der Waals surface area (Å²) in [4.78, 5) is 0. The van der Waals surface area contributed by atoms with E-state index in [-0.39, 0.29) is 5.44 Å². The molecule has 1 aromatic rings.